The van der Waals surface area contributed by atoms with Gasteiger partial charge in [-0.25, -0.2) is 0 Å². The van der Waals surface area contributed by atoms with Crippen molar-refractivity contribution in [3.63, 3.8) is 0 Å². The molecular formula is C16H19NO4S. The maximum atomic E-state index is 12.3. The zero-order valence-electron chi connectivity index (χ0n) is 12.8. The molecule has 2 aromatic rings. The molecule has 0 aliphatic heterocycles. The Balaban J connectivity index is 2.10. The van der Waals surface area contributed by atoms with Crippen LogP contribution in [0.4, 0.5) is 0 Å². The molecular weight excluding hydrogens is 302 g/mol. The van der Waals surface area contributed by atoms with Crippen LogP contribution in [0.1, 0.15) is 15.2 Å². The van der Waals surface area contributed by atoms with Crippen LogP contribution in [0.15, 0.2) is 29.6 Å². The minimum atomic E-state index is -0.200. The van der Waals surface area contributed by atoms with E-state index in [9.17, 15) is 4.79 Å². The van der Waals surface area contributed by atoms with Gasteiger partial charge in [0.25, 0.3) is 5.91 Å². The highest BCUT2D eigenvalue weighted by Gasteiger charge is 2.17. The fraction of sp³-hybridized carbons (Fsp3) is 0.312. The molecule has 1 aromatic carbocycles. The van der Waals surface area contributed by atoms with Crippen LogP contribution < -0.4 is 19.5 Å². The molecule has 0 aliphatic rings. The lowest BCUT2D eigenvalue weighted by Crippen LogP contribution is -2.26. The van der Waals surface area contributed by atoms with E-state index in [1.165, 1.54) is 26.2 Å². The molecule has 1 N–H and O–H groups in total. The second kappa shape index (κ2) is 7.70. The third kappa shape index (κ3) is 3.71. The van der Waals surface area contributed by atoms with Gasteiger partial charge in [-0.05, 0) is 17.9 Å². The lowest BCUT2D eigenvalue weighted by Gasteiger charge is -2.14. The van der Waals surface area contributed by atoms with Crippen LogP contribution in [0, 0.1) is 0 Å². The Bertz CT molecular complexity index is 625. The fourth-order valence-corrected chi connectivity index (χ4v) is 2.76. The highest BCUT2D eigenvalue weighted by molar-refractivity contribution is 7.09. The number of nitrogens with one attached hydrogen (secondary N) is 1. The van der Waals surface area contributed by atoms with Gasteiger partial charge in [0, 0.05) is 23.6 Å². The molecule has 0 spiro atoms. The first-order chi connectivity index (χ1) is 10.7. The van der Waals surface area contributed by atoms with Crippen molar-refractivity contribution in [2.45, 2.75) is 6.42 Å². The Morgan fingerprint density at radius 1 is 1.09 bits per heavy atom. The number of benzene rings is 1. The quantitative estimate of drug-likeness (QED) is 0.852. The molecule has 6 heteroatoms. The first-order valence-corrected chi connectivity index (χ1v) is 7.68. The summed E-state index contributed by atoms with van der Waals surface area (Å²) in [6.45, 7) is 0.566. The van der Waals surface area contributed by atoms with E-state index < -0.39 is 0 Å². The van der Waals surface area contributed by atoms with Crippen LogP contribution in [-0.4, -0.2) is 33.8 Å². The van der Waals surface area contributed by atoms with E-state index in [4.69, 9.17) is 14.2 Å². The molecule has 0 bridgehead atoms. The summed E-state index contributed by atoms with van der Waals surface area (Å²) in [7, 11) is 4.59. The summed E-state index contributed by atoms with van der Waals surface area (Å²) in [6.07, 6.45) is 0.805. The number of amides is 1. The Labute approximate surface area is 133 Å². The fourth-order valence-electron chi connectivity index (χ4n) is 2.06. The largest absolute Gasteiger partial charge is 0.496 e. The van der Waals surface area contributed by atoms with Gasteiger partial charge in [-0.15, -0.1) is 11.3 Å². The van der Waals surface area contributed by atoms with Crippen LogP contribution in [-0.2, 0) is 6.42 Å². The van der Waals surface area contributed by atoms with Crippen LogP contribution in [0.3, 0.4) is 0 Å². The van der Waals surface area contributed by atoms with Gasteiger partial charge in [-0.1, -0.05) is 6.07 Å². The van der Waals surface area contributed by atoms with Crippen molar-refractivity contribution >= 4 is 17.2 Å². The number of carbonyl (C=O) groups excluding carboxylic acids is 1. The van der Waals surface area contributed by atoms with Crippen molar-refractivity contribution in [2.24, 2.45) is 0 Å². The number of hydrogen-bond donors (Lipinski definition) is 1. The Morgan fingerprint density at radius 2 is 1.77 bits per heavy atom. The molecule has 2 rings (SSSR count). The minimum Gasteiger partial charge on any atom is -0.496 e. The minimum absolute atomic E-state index is 0.200. The highest BCUT2D eigenvalue weighted by Crippen LogP contribution is 2.34. The predicted molar refractivity (Wildman–Crippen MR) is 86.5 cm³/mol. The van der Waals surface area contributed by atoms with E-state index in [0.29, 0.717) is 29.4 Å². The molecule has 0 fully saturated rings. The number of ether oxygens (including phenoxy) is 3. The van der Waals surface area contributed by atoms with Crippen molar-refractivity contribution in [3.8, 4) is 17.2 Å². The monoisotopic (exact) mass is 321 g/mol. The maximum Gasteiger partial charge on any atom is 0.255 e. The summed E-state index contributed by atoms with van der Waals surface area (Å²) in [6, 6.07) is 7.32. The lowest BCUT2D eigenvalue weighted by atomic mass is 10.1. The molecule has 0 radical (unpaired) electrons. The summed E-state index contributed by atoms with van der Waals surface area (Å²) in [5.41, 5.74) is 0.423. The van der Waals surface area contributed by atoms with E-state index in [-0.39, 0.29) is 5.91 Å². The zero-order valence-corrected chi connectivity index (χ0v) is 13.7. The molecule has 0 saturated carbocycles. The van der Waals surface area contributed by atoms with Gasteiger partial charge in [0.1, 0.15) is 5.75 Å². The third-order valence-corrected chi connectivity index (χ3v) is 4.12. The number of hydrogen-bond acceptors (Lipinski definition) is 5. The summed E-state index contributed by atoms with van der Waals surface area (Å²) in [5.74, 6) is 1.27. The Morgan fingerprint density at radius 3 is 2.36 bits per heavy atom. The Kier molecular flexibility index (Phi) is 5.66. The number of thiophene rings is 1. The van der Waals surface area contributed by atoms with Gasteiger partial charge >= 0.3 is 0 Å². The highest BCUT2D eigenvalue weighted by atomic mass is 32.1. The molecule has 22 heavy (non-hydrogen) atoms. The first-order valence-electron chi connectivity index (χ1n) is 6.80. The van der Waals surface area contributed by atoms with Gasteiger partial charge in [0.05, 0.1) is 26.9 Å². The van der Waals surface area contributed by atoms with E-state index in [1.807, 2.05) is 17.5 Å². The van der Waals surface area contributed by atoms with E-state index in [2.05, 4.69) is 5.32 Å². The molecule has 1 aromatic heterocycles. The average Bonchev–Trinajstić information content (AvgIpc) is 3.06. The van der Waals surface area contributed by atoms with Crippen LogP contribution >= 0.6 is 11.3 Å². The topological polar surface area (TPSA) is 56.8 Å². The Hall–Kier alpha value is -2.21. The second-order valence-corrected chi connectivity index (χ2v) is 5.52. The van der Waals surface area contributed by atoms with E-state index in [0.717, 1.165) is 6.42 Å². The predicted octanol–water partition coefficient (Wildman–Crippen LogP) is 2.75. The molecule has 1 amide bonds. The van der Waals surface area contributed by atoms with E-state index >= 15 is 0 Å². The van der Waals surface area contributed by atoms with Crippen LogP contribution in [0.5, 0.6) is 17.2 Å². The average molecular weight is 321 g/mol. The third-order valence-electron chi connectivity index (χ3n) is 3.19. The van der Waals surface area contributed by atoms with Gasteiger partial charge in [0.15, 0.2) is 11.5 Å². The molecule has 0 atom stereocenters. The SMILES string of the molecule is COc1cc(OC)c(C(=O)NCCc2cccs2)cc1OC. The van der Waals surface area contributed by atoms with Crippen molar-refractivity contribution in [2.75, 3.05) is 27.9 Å². The number of rotatable bonds is 7. The second-order valence-electron chi connectivity index (χ2n) is 4.49. The summed E-state index contributed by atoms with van der Waals surface area (Å²) < 4.78 is 15.7. The van der Waals surface area contributed by atoms with Crippen molar-refractivity contribution < 1.29 is 19.0 Å². The van der Waals surface area contributed by atoms with Gasteiger partial charge < -0.3 is 19.5 Å². The van der Waals surface area contributed by atoms with Crippen molar-refractivity contribution in [1.82, 2.24) is 5.32 Å². The maximum absolute atomic E-state index is 12.3. The summed E-state index contributed by atoms with van der Waals surface area (Å²) in [4.78, 5) is 13.6. The standard InChI is InChI=1S/C16H19NO4S/c1-19-13-10-15(21-3)14(20-2)9-12(13)16(18)17-7-6-11-5-4-8-22-11/h4-5,8-10H,6-7H2,1-3H3,(H,17,18). The zero-order chi connectivity index (χ0) is 15.9. The van der Waals surface area contributed by atoms with Crippen LogP contribution in [0.25, 0.3) is 0 Å². The smallest absolute Gasteiger partial charge is 0.255 e. The molecule has 118 valence electrons. The van der Waals surface area contributed by atoms with Crippen molar-refractivity contribution in [3.05, 3.63) is 40.1 Å². The van der Waals surface area contributed by atoms with Crippen molar-refractivity contribution in [1.29, 1.82) is 0 Å². The van der Waals surface area contributed by atoms with Crippen LogP contribution in [0.2, 0.25) is 0 Å². The number of carbonyl (C=O) groups is 1. The summed E-state index contributed by atoms with van der Waals surface area (Å²) >= 11 is 1.68. The molecule has 0 aliphatic carbocycles. The lowest BCUT2D eigenvalue weighted by molar-refractivity contribution is 0.0950. The van der Waals surface area contributed by atoms with Gasteiger partial charge in [-0.3, -0.25) is 4.79 Å². The molecule has 5 nitrogen and oxygen atoms in total. The molecule has 0 saturated heterocycles. The summed E-state index contributed by atoms with van der Waals surface area (Å²) in [5, 5.41) is 4.91. The first kappa shape index (κ1) is 16.2. The van der Waals surface area contributed by atoms with Gasteiger partial charge in [-0.2, -0.15) is 0 Å². The number of methoxy groups -OCH3 is 3. The molecule has 1 heterocycles. The van der Waals surface area contributed by atoms with E-state index in [1.54, 1.807) is 23.5 Å². The van der Waals surface area contributed by atoms with Gasteiger partial charge in [0.2, 0.25) is 0 Å². The molecule has 0 unspecified atom stereocenters. The normalized spacial score (nSPS) is 10.1.